The van der Waals surface area contributed by atoms with E-state index in [9.17, 15) is 43.2 Å². The van der Waals surface area contributed by atoms with Crippen molar-refractivity contribution in [2.75, 3.05) is 39.6 Å². The van der Waals surface area contributed by atoms with Gasteiger partial charge in [-0.25, -0.2) is 9.13 Å². The van der Waals surface area contributed by atoms with Crippen LogP contribution < -0.4 is 0 Å². The Morgan fingerprint density at radius 2 is 0.639 bits per heavy atom. The molecule has 0 heterocycles. The third-order valence-electron chi connectivity index (χ3n) is 12.0. The van der Waals surface area contributed by atoms with Gasteiger partial charge in [0.05, 0.1) is 26.4 Å². The Bertz CT molecular complexity index is 1450. The molecule has 0 radical (unpaired) electrons. The van der Waals surface area contributed by atoms with E-state index in [1.807, 2.05) is 0 Å². The largest absolute Gasteiger partial charge is 0.472 e. The number of aliphatic hydroxyl groups excluding tert-OH is 1. The number of hydrogen-bond acceptors (Lipinski definition) is 15. The minimum absolute atomic E-state index is 0.102. The average molecular weight is 1070 g/mol. The van der Waals surface area contributed by atoms with Crippen LogP contribution in [0.5, 0.6) is 0 Å². The zero-order chi connectivity index (χ0) is 53.7. The Morgan fingerprint density at radius 3 is 0.944 bits per heavy atom. The summed E-state index contributed by atoms with van der Waals surface area (Å²) >= 11 is 0. The second-order valence-corrected chi connectivity index (χ2v) is 23.1. The first-order valence-corrected chi connectivity index (χ1v) is 31.0. The van der Waals surface area contributed by atoms with E-state index in [0.29, 0.717) is 37.5 Å². The Labute approximate surface area is 435 Å². The third-order valence-corrected chi connectivity index (χ3v) is 13.9. The van der Waals surface area contributed by atoms with Crippen LogP contribution >= 0.6 is 15.6 Å². The number of carbonyl (C=O) groups is 4. The van der Waals surface area contributed by atoms with Crippen LogP contribution in [0.2, 0.25) is 0 Å². The molecule has 0 saturated carbocycles. The molecule has 17 nitrogen and oxygen atoms in total. The zero-order valence-corrected chi connectivity index (χ0v) is 47.5. The molecule has 426 valence electrons. The van der Waals surface area contributed by atoms with E-state index in [1.54, 1.807) is 0 Å². The third kappa shape index (κ3) is 47.8. The van der Waals surface area contributed by atoms with E-state index in [4.69, 9.17) is 37.0 Å². The first-order chi connectivity index (χ1) is 34.4. The van der Waals surface area contributed by atoms with Crippen LogP contribution in [0.15, 0.2) is 0 Å². The maximum atomic E-state index is 12.9. The Balaban J connectivity index is 5.18. The second-order valence-electron chi connectivity index (χ2n) is 20.2. The molecule has 0 fully saturated rings. The number of carbonyl (C=O) groups excluding carboxylic acids is 4. The van der Waals surface area contributed by atoms with Gasteiger partial charge in [0.15, 0.2) is 12.2 Å². The summed E-state index contributed by atoms with van der Waals surface area (Å²) < 4.78 is 67.2. The maximum absolute atomic E-state index is 12.9. The highest BCUT2D eigenvalue weighted by atomic mass is 31.2. The summed E-state index contributed by atoms with van der Waals surface area (Å²) in [5.74, 6) is -0.768. The predicted molar refractivity (Wildman–Crippen MR) is 280 cm³/mol. The summed E-state index contributed by atoms with van der Waals surface area (Å²) in [4.78, 5) is 71.3. The van der Waals surface area contributed by atoms with Crippen LogP contribution in [0.25, 0.3) is 0 Å². The van der Waals surface area contributed by atoms with E-state index in [2.05, 4.69) is 41.5 Å². The molecule has 0 rings (SSSR count). The SMILES string of the molecule is CCCCCCCCCC(=O)O[C@H](COC(=O)CCCCCCC)COP(=O)(O)OC[C@H](O)COP(=O)(O)OC[C@@H](COC(=O)CCCCCCCCCC(C)C)OC(=O)CCCCCCCCCC(C)C. The fourth-order valence-electron chi connectivity index (χ4n) is 7.59. The van der Waals surface area contributed by atoms with Gasteiger partial charge in [0.2, 0.25) is 0 Å². The lowest BCUT2D eigenvalue weighted by atomic mass is 10.0. The quantitative estimate of drug-likeness (QED) is 0.0222. The molecule has 0 aromatic heterocycles. The highest BCUT2D eigenvalue weighted by Crippen LogP contribution is 2.45. The first-order valence-electron chi connectivity index (χ1n) is 28.0. The maximum Gasteiger partial charge on any atom is 0.472 e. The van der Waals surface area contributed by atoms with Crippen molar-refractivity contribution in [3.63, 3.8) is 0 Å². The number of aliphatic hydroxyl groups is 1. The van der Waals surface area contributed by atoms with Gasteiger partial charge in [-0.2, -0.15) is 0 Å². The van der Waals surface area contributed by atoms with E-state index in [0.717, 1.165) is 116 Å². The van der Waals surface area contributed by atoms with Gasteiger partial charge in [-0.1, -0.05) is 196 Å². The number of ether oxygens (including phenoxy) is 4. The Morgan fingerprint density at radius 1 is 0.375 bits per heavy atom. The molecule has 0 saturated heterocycles. The number of rotatable bonds is 52. The smallest absolute Gasteiger partial charge is 0.462 e. The van der Waals surface area contributed by atoms with Crippen molar-refractivity contribution in [1.82, 2.24) is 0 Å². The van der Waals surface area contributed by atoms with E-state index in [-0.39, 0.29) is 25.7 Å². The molecule has 0 aliphatic heterocycles. The van der Waals surface area contributed by atoms with Gasteiger partial charge >= 0.3 is 39.5 Å². The summed E-state index contributed by atoms with van der Waals surface area (Å²) in [6, 6.07) is 0. The highest BCUT2D eigenvalue weighted by molar-refractivity contribution is 7.47. The molecule has 0 bridgehead atoms. The van der Waals surface area contributed by atoms with Crippen molar-refractivity contribution >= 4 is 39.5 Å². The van der Waals surface area contributed by atoms with Gasteiger partial charge < -0.3 is 33.8 Å². The standard InChI is InChI=1S/C53H102O17P2/c1-7-9-11-13-16-25-31-37-52(57)69-48(41-63-50(55)35-29-21-12-10-8-2)43-67-71(59,60)65-39-47(54)40-66-72(61,62)68-44-49(70-53(58)38-32-26-20-15-18-23-28-34-46(5)6)42-64-51(56)36-30-24-19-14-17-22-27-33-45(3)4/h45-49,54H,7-44H2,1-6H3,(H,59,60)(H,61,62)/t47-,48+,49+/m0/s1. The predicted octanol–water partition coefficient (Wildman–Crippen LogP) is 13.4. The molecular weight excluding hydrogens is 971 g/mol. The lowest BCUT2D eigenvalue weighted by Gasteiger charge is -2.21. The monoisotopic (exact) mass is 1070 g/mol. The Hall–Kier alpha value is -1.94. The molecule has 0 amide bonds. The molecule has 0 aliphatic rings. The highest BCUT2D eigenvalue weighted by Gasteiger charge is 2.30. The van der Waals surface area contributed by atoms with E-state index < -0.39 is 97.5 Å². The number of hydrogen-bond donors (Lipinski definition) is 3. The zero-order valence-electron chi connectivity index (χ0n) is 45.7. The van der Waals surface area contributed by atoms with Crippen molar-refractivity contribution in [1.29, 1.82) is 0 Å². The molecule has 0 aromatic rings. The molecule has 5 atom stereocenters. The Kier molecular flexibility index (Phi) is 45.1. The summed E-state index contributed by atoms with van der Waals surface area (Å²) in [5.41, 5.74) is 0. The minimum Gasteiger partial charge on any atom is -0.462 e. The van der Waals surface area contributed by atoms with Gasteiger partial charge in [-0.15, -0.1) is 0 Å². The lowest BCUT2D eigenvalue weighted by Crippen LogP contribution is -2.30. The molecule has 19 heteroatoms. The van der Waals surface area contributed by atoms with Crippen molar-refractivity contribution in [3.05, 3.63) is 0 Å². The lowest BCUT2D eigenvalue weighted by molar-refractivity contribution is -0.161. The minimum atomic E-state index is -4.93. The normalized spacial score (nSPS) is 14.7. The topological polar surface area (TPSA) is 237 Å². The van der Waals surface area contributed by atoms with Gasteiger partial charge in [0, 0.05) is 25.7 Å². The molecule has 2 unspecified atom stereocenters. The van der Waals surface area contributed by atoms with Crippen LogP contribution in [-0.2, 0) is 65.4 Å². The van der Waals surface area contributed by atoms with E-state index >= 15 is 0 Å². The summed E-state index contributed by atoms with van der Waals surface area (Å²) in [5, 5.41) is 10.4. The van der Waals surface area contributed by atoms with Gasteiger partial charge in [0.1, 0.15) is 19.3 Å². The molecule has 0 aromatic carbocycles. The van der Waals surface area contributed by atoms with Crippen LogP contribution in [0.4, 0.5) is 0 Å². The number of esters is 4. The fraction of sp³-hybridized carbons (Fsp3) is 0.925. The second kappa shape index (κ2) is 46.4. The molecule has 72 heavy (non-hydrogen) atoms. The van der Waals surface area contributed by atoms with Crippen molar-refractivity contribution in [3.8, 4) is 0 Å². The van der Waals surface area contributed by atoms with Gasteiger partial charge in [-0.05, 0) is 37.5 Å². The van der Waals surface area contributed by atoms with Crippen LogP contribution in [-0.4, -0.2) is 96.7 Å². The van der Waals surface area contributed by atoms with Crippen molar-refractivity contribution in [2.24, 2.45) is 11.8 Å². The van der Waals surface area contributed by atoms with Gasteiger partial charge in [-0.3, -0.25) is 37.3 Å². The molecule has 3 N–H and O–H groups in total. The van der Waals surface area contributed by atoms with Crippen LogP contribution in [0.1, 0.15) is 247 Å². The molecular formula is C53H102O17P2. The van der Waals surface area contributed by atoms with Crippen molar-refractivity contribution < 1.29 is 80.2 Å². The average Bonchev–Trinajstić information content (AvgIpc) is 3.32. The molecule has 0 aliphatic carbocycles. The number of phosphoric acid groups is 2. The van der Waals surface area contributed by atoms with Crippen LogP contribution in [0, 0.1) is 11.8 Å². The van der Waals surface area contributed by atoms with E-state index in [1.165, 1.54) is 38.5 Å². The van der Waals surface area contributed by atoms with Crippen molar-refractivity contribution in [2.45, 2.75) is 265 Å². The summed E-state index contributed by atoms with van der Waals surface area (Å²) in [6.07, 6.45) is 24.6. The summed E-state index contributed by atoms with van der Waals surface area (Å²) in [6.45, 7) is 9.14. The fourth-order valence-corrected chi connectivity index (χ4v) is 9.17. The molecule has 0 spiro atoms. The summed E-state index contributed by atoms with van der Waals surface area (Å²) in [7, 11) is -9.85. The first kappa shape index (κ1) is 70.1. The number of phosphoric ester groups is 2. The van der Waals surface area contributed by atoms with Gasteiger partial charge in [0.25, 0.3) is 0 Å². The van der Waals surface area contributed by atoms with Crippen LogP contribution in [0.3, 0.4) is 0 Å². The number of unbranched alkanes of at least 4 members (excludes halogenated alkanes) is 22.